The Kier molecular flexibility index (Phi) is 6.81. The van der Waals surface area contributed by atoms with E-state index in [4.69, 9.17) is 5.26 Å². The molecule has 0 saturated heterocycles. The summed E-state index contributed by atoms with van der Waals surface area (Å²) in [5, 5.41) is 20.2. The number of nitro benzene ring substituents is 1. The molecule has 1 aliphatic carbocycles. The second-order valence-electron chi connectivity index (χ2n) is 7.94. The highest BCUT2D eigenvalue weighted by molar-refractivity contribution is 5.69. The third-order valence-corrected chi connectivity index (χ3v) is 6.09. The Bertz CT molecular complexity index is 844. The fraction of sp³-hybridized carbons (Fsp3) is 0.458. The monoisotopic (exact) mass is 376 g/mol. The van der Waals surface area contributed by atoms with Crippen LogP contribution in [0.4, 0.5) is 5.69 Å². The summed E-state index contributed by atoms with van der Waals surface area (Å²) >= 11 is 0. The van der Waals surface area contributed by atoms with Crippen LogP contribution in [-0.4, -0.2) is 4.92 Å². The molecule has 3 rings (SSSR count). The predicted molar refractivity (Wildman–Crippen MR) is 112 cm³/mol. The van der Waals surface area contributed by atoms with Gasteiger partial charge in [-0.25, -0.2) is 0 Å². The van der Waals surface area contributed by atoms with E-state index in [2.05, 4.69) is 19.1 Å². The standard InChI is InChI=1S/C24H28N2O2/c1-2-3-4-5-18-6-8-19(9-7-18)20-10-12-21(13-11-20)22-14-15-23(17-25)24(16-22)26(27)28/h10-16,18-19H,2-9H2,1H3/t18-,19-. The Morgan fingerprint density at radius 2 is 1.71 bits per heavy atom. The van der Waals surface area contributed by atoms with E-state index in [9.17, 15) is 10.1 Å². The van der Waals surface area contributed by atoms with Crippen molar-refractivity contribution in [2.45, 2.75) is 64.2 Å². The largest absolute Gasteiger partial charge is 0.287 e. The van der Waals surface area contributed by atoms with Crippen LogP contribution in [0.25, 0.3) is 11.1 Å². The number of unbranched alkanes of at least 4 members (excludes halogenated alkanes) is 2. The molecule has 4 nitrogen and oxygen atoms in total. The first-order valence-corrected chi connectivity index (χ1v) is 10.4. The lowest BCUT2D eigenvalue weighted by Gasteiger charge is -2.29. The summed E-state index contributed by atoms with van der Waals surface area (Å²) in [5.74, 6) is 1.54. The Morgan fingerprint density at radius 1 is 1.04 bits per heavy atom. The minimum absolute atomic E-state index is 0.0982. The number of rotatable bonds is 7. The van der Waals surface area contributed by atoms with E-state index < -0.39 is 4.92 Å². The molecule has 1 saturated carbocycles. The van der Waals surface area contributed by atoms with Gasteiger partial charge in [-0.3, -0.25) is 10.1 Å². The first-order valence-electron chi connectivity index (χ1n) is 10.4. The number of benzene rings is 2. The van der Waals surface area contributed by atoms with E-state index in [0.29, 0.717) is 5.92 Å². The number of hydrogen-bond acceptors (Lipinski definition) is 3. The van der Waals surface area contributed by atoms with Crippen molar-refractivity contribution in [2.75, 3.05) is 0 Å². The molecule has 0 aromatic heterocycles. The van der Waals surface area contributed by atoms with Gasteiger partial charge in [0.1, 0.15) is 11.6 Å². The number of nitrogens with zero attached hydrogens (tertiary/aromatic N) is 2. The van der Waals surface area contributed by atoms with Gasteiger partial charge < -0.3 is 0 Å². The molecule has 2 aromatic rings. The van der Waals surface area contributed by atoms with E-state index in [1.54, 1.807) is 6.07 Å². The fourth-order valence-electron chi connectivity index (χ4n) is 4.37. The molecule has 0 radical (unpaired) electrons. The topological polar surface area (TPSA) is 66.9 Å². The van der Waals surface area contributed by atoms with Gasteiger partial charge in [0.25, 0.3) is 5.69 Å². The van der Waals surface area contributed by atoms with Crippen LogP contribution in [0.2, 0.25) is 0 Å². The Morgan fingerprint density at radius 3 is 2.32 bits per heavy atom. The molecule has 0 spiro atoms. The lowest BCUT2D eigenvalue weighted by molar-refractivity contribution is -0.385. The molecule has 4 heteroatoms. The molecule has 1 aliphatic rings. The van der Waals surface area contributed by atoms with Crippen LogP contribution in [0.5, 0.6) is 0 Å². The number of nitriles is 1. The molecule has 1 fully saturated rings. The van der Waals surface area contributed by atoms with Gasteiger partial charge in [0.05, 0.1) is 4.92 Å². The first-order chi connectivity index (χ1) is 13.6. The summed E-state index contributed by atoms with van der Waals surface area (Å²) in [6.45, 7) is 2.26. The first kappa shape index (κ1) is 20.1. The van der Waals surface area contributed by atoms with E-state index in [-0.39, 0.29) is 11.3 Å². The van der Waals surface area contributed by atoms with E-state index in [1.165, 1.54) is 69.1 Å². The zero-order chi connectivity index (χ0) is 19.9. The third kappa shape index (κ3) is 4.78. The van der Waals surface area contributed by atoms with Gasteiger partial charge in [0, 0.05) is 6.07 Å². The van der Waals surface area contributed by atoms with E-state index in [0.717, 1.165) is 17.0 Å². The number of nitro groups is 1. The van der Waals surface area contributed by atoms with Gasteiger partial charge in [-0.1, -0.05) is 62.9 Å². The number of hydrogen-bond donors (Lipinski definition) is 0. The summed E-state index contributed by atoms with van der Waals surface area (Å²) in [6, 6.07) is 15.1. The Hall–Kier alpha value is -2.67. The van der Waals surface area contributed by atoms with Crippen molar-refractivity contribution < 1.29 is 4.92 Å². The molecular weight excluding hydrogens is 348 g/mol. The maximum absolute atomic E-state index is 11.2. The Balaban J connectivity index is 1.66. The SMILES string of the molecule is CCCCC[C@H]1CC[C@H](c2ccc(-c3ccc(C#N)c([N+](=O)[O-])c3)cc2)CC1. The van der Waals surface area contributed by atoms with E-state index in [1.807, 2.05) is 18.2 Å². The molecule has 28 heavy (non-hydrogen) atoms. The summed E-state index contributed by atoms with van der Waals surface area (Å²) in [6.07, 6.45) is 10.6. The molecule has 0 heterocycles. The van der Waals surface area contributed by atoms with Crippen LogP contribution in [0.3, 0.4) is 0 Å². The average Bonchev–Trinajstić information content (AvgIpc) is 2.74. The highest BCUT2D eigenvalue weighted by Crippen LogP contribution is 2.38. The second-order valence-corrected chi connectivity index (χ2v) is 7.94. The van der Waals surface area contributed by atoms with E-state index >= 15 is 0 Å². The zero-order valence-corrected chi connectivity index (χ0v) is 16.6. The van der Waals surface area contributed by atoms with Crippen LogP contribution in [0.1, 0.15) is 75.3 Å². The molecule has 0 atom stereocenters. The highest BCUT2D eigenvalue weighted by Gasteiger charge is 2.22. The van der Waals surface area contributed by atoms with Crippen molar-refractivity contribution in [3.63, 3.8) is 0 Å². The van der Waals surface area contributed by atoms with Crippen molar-refractivity contribution in [3.05, 3.63) is 63.7 Å². The summed E-state index contributed by atoms with van der Waals surface area (Å²) in [5.41, 5.74) is 3.06. The molecule has 0 N–H and O–H groups in total. The molecular formula is C24H28N2O2. The van der Waals surface area contributed by atoms with Crippen molar-refractivity contribution in [1.29, 1.82) is 5.26 Å². The average molecular weight is 377 g/mol. The van der Waals surface area contributed by atoms with Crippen molar-refractivity contribution in [3.8, 4) is 17.2 Å². The quantitative estimate of drug-likeness (QED) is 0.297. The maximum Gasteiger partial charge on any atom is 0.287 e. The normalized spacial score (nSPS) is 19.1. The zero-order valence-electron chi connectivity index (χ0n) is 16.6. The molecule has 146 valence electrons. The summed E-state index contributed by atoms with van der Waals surface area (Å²) < 4.78 is 0. The molecule has 0 unspecified atom stereocenters. The van der Waals surface area contributed by atoms with Crippen LogP contribution in [-0.2, 0) is 0 Å². The van der Waals surface area contributed by atoms with Crippen LogP contribution in [0.15, 0.2) is 42.5 Å². The lowest BCUT2D eigenvalue weighted by atomic mass is 9.77. The molecule has 0 bridgehead atoms. The van der Waals surface area contributed by atoms with Crippen molar-refractivity contribution in [1.82, 2.24) is 0 Å². The smallest absolute Gasteiger partial charge is 0.258 e. The summed E-state index contributed by atoms with van der Waals surface area (Å²) in [7, 11) is 0. The molecule has 2 aromatic carbocycles. The van der Waals surface area contributed by atoms with Crippen LogP contribution < -0.4 is 0 Å². The van der Waals surface area contributed by atoms with Gasteiger partial charge >= 0.3 is 0 Å². The minimum atomic E-state index is -0.491. The lowest BCUT2D eigenvalue weighted by Crippen LogP contribution is -2.13. The fourth-order valence-corrected chi connectivity index (χ4v) is 4.37. The Labute approximate surface area is 167 Å². The van der Waals surface area contributed by atoms with Crippen LogP contribution in [0, 0.1) is 27.4 Å². The second kappa shape index (κ2) is 9.50. The maximum atomic E-state index is 11.2. The van der Waals surface area contributed by atoms with Gasteiger partial charge in [0.15, 0.2) is 0 Å². The van der Waals surface area contributed by atoms with Gasteiger partial charge in [0.2, 0.25) is 0 Å². The minimum Gasteiger partial charge on any atom is -0.258 e. The molecule has 0 amide bonds. The summed E-state index contributed by atoms with van der Waals surface area (Å²) in [4.78, 5) is 10.7. The van der Waals surface area contributed by atoms with Crippen molar-refractivity contribution in [2.24, 2.45) is 5.92 Å². The van der Waals surface area contributed by atoms with Crippen LogP contribution >= 0.6 is 0 Å². The van der Waals surface area contributed by atoms with Gasteiger partial charge in [-0.05, 0) is 60.3 Å². The predicted octanol–water partition coefficient (Wildman–Crippen LogP) is 6.99. The van der Waals surface area contributed by atoms with Gasteiger partial charge in [-0.15, -0.1) is 0 Å². The third-order valence-electron chi connectivity index (χ3n) is 6.09. The van der Waals surface area contributed by atoms with Gasteiger partial charge in [-0.2, -0.15) is 5.26 Å². The van der Waals surface area contributed by atoms with Crippen molar-refractivity contribution >= 4 is 5.69 Å². The molecule has 0 aliphatic heterocycles. The highest BCUT2D eigenvalue weighted by atomic mass is 16.6.